The van der Waals surface area contributed by atoms with E-state index < -0.39 is 0 Å². The van der Waals surface area contributed by atoms with E-state index in [9.17, 15) is 4.79 Å². The summed E-state index contributed by atoms with van der Waals surface area (Å²) in [5.74, 6) is 1.85. The summed E-state index contributed by atoms with van der Waals surface area (Å²) in [7, 11) is 0. The van der Waals surface area contributed by atoms with Gasteiger partial charge in [0, 0.05) is 18.2 Å². The normalized spacial score (nSPS) is 23.3. The molecule has 0 aliphatic heterocycles. The Bertz CT molecular complexity index is 553. The number of aromatic nitrogens is 1. The van der Waals surface area contributed by atoms with Crippen molar-refractivity contribution >= 4 is 36.5 Å². The molecule has 26 heavy (non-hydrogen) atoms. The fourth-order valence-corrected chi connectivity index (χ4v) is 3.85. The maximum absolute atomic E-state index is 12.5. The minimum absolute atomic E-state index is 0. The number of anilines is 1. The van der Waals surface area contributed by atoms with Crippen molar-refractivity contribution in [3.05, 3.63) is 18.3 Å². The SMILES string of the molecule is Cl.Cl.NC1CCCC(C(=O)Nc2ncccc2OCC2CCCCC2)C1. The van der Waals surface area contributed by atoms with Gasteiger partial charge in [-0.2, -0.15) is 0 Å². The van der Waals surface area contributed by atoms with Gasteiger partial charge >= 0.3 is 0 Å². The lowest BCUT2D eigenvalue weighted by Gasteiger charge is -2.26. The largest absolute Gasteiger partial charge is 0.489 e. The highest BCUT2D eigenvalue weighted by molar-refractivity contribution is 5.93. The van der Waals surface area contributed by atoms with Crippen molar-refractivity contribution in [1.82, 2.24) is 4.98 Å². The summed E-state index contributed by atoms with van der Waals surface area (Å²) < 4.78 is 5.98. The molecule has 1 aromatic rings. The third-order valence-electron chi connectivity index (χ3n) is 5.30. The topological polar surface area (TPSA) is 77.2 Å². The van der Waals surface area contributed by atoms with Crippen molar-refractivity contribution in [3.8, 4) is 5.75 Å². The number of amides is 1. The minimum Gasteiger partial charge on any atom is -0.489 e. The van der Waals surface area contributed by atoms with Crippen LogP contribution in [0.2, 0.25) is 0 Å². The van der Waals surface area contributed by atoms with Gasteiger partial charge in [-0.25, -0.2) is 4.98 Å². The van der Waals surface area contributed by atoms with Gasteiger partial charge < -0.3 is 15.8 Å². The van der Waals surface area contributed by atoms with Gasteiger partial charge in [0.1, 0.15) is 0 Å². The van der Waals surface area contributed by atoms with E-state index in [1.54, 1.807) is 6.20 Å². The molecule has 2 unspecified atom stereocenters. The van der Waals surface area contributed by atoms with E-state index in [2.05, 4.69) is 10.3 Å². The number of nitrogens with two attached hydrogens (primary N) is 1. The predicted octanol–water partition coefficient (Wildman–Crippen LogP) is 4.34. The van der Waals surface area contributed by atoms with E-state index in [4.69, 9.17) is 10.5 Å². The molecule has 2 aliphatic rings. The molecule has 3 N–H and O–H groups in total. The van der Waals surface area contributed by atoms with Gasteiger partial charge in [-0.15, -0.1) is 24.8 Å². The molecule has 0 aromatic carbocycles. The lowest BCUT2D eigenvalue weighted by atomic mass is 9.85. The summed E-state index contributed by atoms with van der Waals surface area (Å²) >= 11 is 0. The summed E-state index contributed by atoms with van der Waals surface area (Å²) in [6.45, 7) is 0.711. The van der Waals surface area contributed by atoms with Gasteiger partial charge in [0.25, 0.3) is 0 Å². The van der Waals surface area contributed by atoms with Crippen LogP contribution in [0.3, 0.4) is 0 Å². The van der Waals surface area contributed by atoms with E-state index in [0.29, 0.717) is 24.1 Å². The van der Waals surface area contributed by atoms with Crippen molar-refractivity contribution in [3.63, 3.8) is 0 Å². The standard InChI is InChI=1S/C19H29N3O2.2ClH/c20-16-9-4-8-15(12-16)19(23)22-18-17(10-5-11-21-18)24-13-14-6-2-1-3-7-14;;/h5,10-11,14-16H,1-4,6-9,12-13,20H2,(H,21,22,23);2*1H. The number of nitrogens with one attached hydrogen (secondary N) is 1. The lowest BCUT2D eigenvalue weighted by Crippen LogP contribution is -2.34. The number of nitrogens with zero attached hydrogens (tertiary/aromatic N) is 1. The van der Waals surface area contributed by atoms with Crippen LogP contribution in [0.5, 0.6) is 5.75 Å². The maximum atomic E-state index is 12.5. The molecule has 1 amide bonds. The van der Waals surface area contributed by atoms with Crippen LogP contribution in [0.25, 0.3) is 0 Å². The second kappa shape index (κ2) is 11.6. The summed E-state index contributed by atoms with van der Waals surface area (Å²) in [6.07, 6.45) is 11.8. The number of rotatable bonds is 5. The summed E-state index contributed by atoms with van der Waals surface area (Å²) in [5, 5.41) is 2.96. The van der Waals surface area contributed by atoms with Crippen molar-refractivity contribution < 1.29 is 9.53 Å². The minimum atomic E-state index is -0.0121. The molecule has 1 heterocycles. The van der Waals surface area contributed by atoms with Gasteiger partial charge in [-0.1, -0.05) is 25.7 Å². The number of pyridine rings is 1. The molecule has 5 nitrogen and oxygen atoms in total. The first-order valence-corrected chi connectivity index (χ1v) is 9.36. The van der Waals surface area contributed by atoms with Crippen LogP contribution in [0.1, 0.15) is 57.8 Å². The van der Waals surface area contributed by atoms with Crippen LogP contribution in [-0.2, 0) is 4.79 Å². The van der Waals surface area contributed by atoms with E-state index in [1.165, 1.54) is 32.1 Å². The monoisotopic (exact) mass is 403 g/mol. The van der Waals surface area contributed by atoms with Gasteiger partial charge in [-0.05, 0) is 50.2 Å². The van der Waals surface area contributed by atoms with E-state index in [-0.39, 0.29) is 42.7 Å². The number of halogens is 2. The molecule has 0 spiro atoms. The van der Waals surface area contributed by atoms with Crippen LogP contribution >= 0.6 is 24.8 Å². The molecular formula is C19H31Cl2N3O2. The Kier molecular flexibility index (Phi) is 10.3. The number of carbonyl (C=O) groups is 1. The number of ether oxygens (including phenoxy) is 1. The van der Waals surface area contributed by atoms with Crippen molar-refractivity contribution in [2.75, 3.05) is 11.9 Å². The van der Waals surface area contributed by atoms with Crippen molar-refractivity contribution in [1.29, 1.82) is 0 Å². The molecule has 2 fully saturated rings. The summed E-state index contributed by atoms with van der Waals surface area (Å²) in [6, 6.07) is 3.88. The van der Waals surface area contributed by atoms with Gasteiger partial charge in [0.15, 0.2) is 11.6 Å². The van der Waals surface area contributed by atoms with E-state index >= 15 is 0 Å². The molecule has 0 saturated heterocycles. The van der Waals surface area contributed by atoms with Gasteiger partial charge in [0.05, 0.1) is 6.61 Å². The molecule has 2 atom stereocenters. The average molecular weight is 404 g/mol. The molecule has 3 rings (SSSR count). The van der Waals surface area contributed by atoms with Crippen LogP contribution in [0.4, 0.5) is 5.82 Å². The maximum Gasteiger partial charge on any atom is 0.228 e. The van der Waals surface area contributed by atoms with Crippen LogP contribution in [-0.4, -0.2) is 23.5 Å². The average Bonchev–Trinajstić information content (AvgIpc) is 2.62. The Morgan fingerprint density at radius 2 is 1.92 bits per heavy atom. The first-order valence-electron chi connectivity index (χ1n) is 9.36. The Labute approximate surface area is 168 Å². The molecule has 1 aromatic heterocycles. The smallest absolute Gasteiger partial charge is 0.228 e. The van der Waals surface area contributed by atoms with Gasteiger partial charge in [0.2, 0.25) is 5.91 Å². The first-order chi connectivity index (χ1) is 11.7. The lowest BCUT2D eigenvalue weighted by molar-refractivity contribution is -0.120. The third-order valence-corrected chi connectivity index (χ3v) is 5.30. The van der Waals surface area contributed by atoms with Crippen molar-refractivity contribution in [2.45, 2.75) is 63.8 Å². The zero-order chi connectivity index (χ0) is 16.8. The Balaban J connectivity index is 0.00000169. The number of hydrogen-bond donors (Lipinski definition) is 2. The molecule has 0 radical (unpaired) electrons. The highest BCUT2D eigenvalue weighted by Gasteiger charge is 2.26. The summed E-state index contributed by atoms with van der Waals surface area (Å²) in [4.78, 5) is 16.8. The fraction of sp³-hybridized carbons (Fsp3) is 0.684. The van der Waals surface area contributed by atoms with Gasteiger partial charge in [-0.3, -0.25) is 4.79 Å². The zero-order valence-electron chi connectivity index (χ0n) is 15.2. The molecular weight excluding hydrogens is 373 g/mol. The Morgan fingerprint density at radius 3 is 2.65 bits per heavy atom. The quantitative estimate of drug-likeness (QED) is 0.765. The predicted molar refractivity (Wildman–Crippen MR) is 109 cm³/mol. The summed E-state index contributed by atoms with van der Waals surface area (Å²) in [5.41, 5.74) is 6.00. The van der Waals surface area contributed by atoms with E-state index in [0.717, 1.165) is 25.7 Å². The second-order valence-electron chi connectivity index (χ2n) is 7.28. The number of carbonyl (C=O) groups excluding carboxylic acids is 1. The van der Waals surface area contributed by atoms with Crippen LogP contribution in [0, 0.1) is 11.8 Å². The second-order valence-corrected chi connectivity index (χ2v) is 7.28. The Hall–Kier alpha value is -1.04. The van der Waals surface area contributed by atoms with Crippen LogP contribution < -0.4 is 15.8 Å². The number of hydrogen-bond acceptors (Lipinski definition) is 4. The Morgan fingerprint density at radius 1 is 1.15 bits per heavy atom. The van der Waals surface area contributed by atoms with E-state index in [1.807, 2.05) is 12.1 Å². The zero-order valence-corrected chi connectivity index (χ0v) is 16.8. The molecule has 7 heteroatoms. The highest BCUT2D eigenvalue weighted by atomic mass is 35.5. The molecule has 0 bridgehead atoms. The van der Waals surface area contributed by atoms with Crippen molar-refractivity contribution in [2.24, 2.45) is 17.6 Å². The third kappa shape index (κ3) is 6.60. The molecule has 2 aliphatic carbocycles. The first kappa shape index (κ1) is 23.0. The van der Waals surface area contributed by atoms with Crippen LogP contribution in [0.15, 0.2) is 18.3 Å². The highest BCUT2D eigenvalue weighted by Crippen LogP contribution is 2.29. The molecule has 2 saturated carbocycles. The molecule has 148 valence electrons. The fourth-order valence-electron chi connectivity index (χ4n) is 3.85.